The van der Waals surface area contributed by atoms with E-state index < -0.39 is 5.60 Å². The Balaban J connectivity index is 4.00. The van der Waals surface area contributed by atoms with Crippen LogP contribution in [-0.2, 0) is 4.74 Å². The predicted molar refractivity (Wildman–Crippen MR) is 46.6 cm³/mol. The Morgan fingerprint density at radius 3 is 1.91 bits per heavy atom. The van der Waals surface area contributed by atoms with E-state index >= 15 is 0 Å². The molecule has 68 valence electrons. The van der Waals surface area contributed by atoms with Gasteiger partial charge in [-0.3, -0.25) is 0 Å². The molecule has 0 aromatic carbocycles. The van der Waals surface area contributed by atoms with Crippen LogP contribution in [-0.4, -0.2) is 23.9 Å². The summed E-state index contributed by atoms with van der Waals surface area (Å²) >= 11 is 0. The van der Waals surface area contributed by atoms with Crippen LogP contribution >= 0.6 is 0 Å². The maximum absolute atomic E-state index is 9.86. The lowest BCUT2D eigenvalue weighted by molar-refractivity contribution is -0.0982. The van der Waals surface area contributed by atoms with Gasteiger partial charge in [-0.15, -0.1) is 0 Å². The third kappa shape index (κ3) is 3.21. The van der Waals surface area contributed by atoms with Crippen molar-refractivity contribution in [2.24, 2.45) is 5.41 Å². The van der Waals surface area contributed by atoms with Crippen molar-refractivity contribution in [3.8, 4) is 0 Å². The van der Waals surface area contributed by atoms with E-state index in [0.717, 1.165) is 0 Å². The fourth-order valence-corrected chi connectivity index (χ4v) is 0.517. The van der Waals surface area contributed by atoms with Gasteiger partial charge in [0.2, 0.25) is 0 Å². The fourth-order valence-electron chi connectivity index (χ4n) is 0.517. The van der Waals surface area contributed by atoms with Crippen LogP contribution in [0.4, 0.5) is 0 Å². The summed E-state index contributed by atoms with van der Waals surface area (Å²) in [7, 11) is 0. The maximum Gasteiger partial charge on any atom is 0.0900 e. The molecule has 0 aromatic rings. The van der Waals surface area contributed by atoms with Gasteiger partial charge in [0.1, 0.15) is 0 Å². The lowest BCUT2D eigenvalue weighted by atomic mass is 9.78. The molecule has 1 atom stereocenters. The zero-order valence-corrected chi connectivity index (χ0v) is 8.27. The lowest BCUT2D eigenvalue weighted by Crippen LogP contribution is -2.44. The van der Waals surface area contributed by atoms with Crippen molar-refractivity contribution in [1.29, 1.82) is 0 Å². The summed E-state index contributed by atoms with van der Waals surface area (Å²) in [5.41, 5.74) is -0.856. The average molecular weight is 160 g/mol. The first-order valence-electron chi connectivity index (χ1n) is 4.11. The van der Waals surface area contributed by atoms with E-state index in [-0.39, 0.29) is 5.41 Å². The minimum absolute atomic E-state index is 0.123. The Kier molecular flexibility index (Phi) is 3.52. The first kappa shape index (κ1) is 10.9. The molecule has 0 aliphatic rings. The predicted octanol–water partition coefficient (Wildman–Crippen LogP) is 1.82. The third-order valence-electron chi connectivity index (χ3n) is 2.20. The maximum atomic E-state index is 9.86. The van der Waals surface area contributed by atoms with E-state index in [9.17, 15) is 5.11 Å². The Labute approximate surface area is 69.6 Å². The van der Waals surface area contributed by atoms with Gasteiger partial charge in [-0.25, -0.2) is 0 Å². The summed E-state index contributed by atoms with van der Waals surface area (Å²) in [4.78, 5) is 0. The second-order valence-corrected chi connectivity index (χ2v) is 4.16. The molecule has 0 bridgehead atoms. The van der Waals surface area contributed by atoms with Crippen LogP contribution in [0.25, 0.3) is 0 Å². The molecule has 1 N–H and O–H groups in total. The van der Waals surface area contributed by atoms with Crippen molar-refractivity contribution in [2.45, 2.75) is 40.2 Å². The van der Waals surface area contributed by atoms with Crippen LogP contribution in [0.2, 0.25) is 0 Å². The van der Waals surface area contributed by atoms with Crippen molar-refractivity contribution in [3.05, 3.63) is 0 Å². The Morgan fingerprint density at radius 2 is 1.64 bits per heavy atom. The van der Waals surface area contributed by atoms with Crippen LogP contribution in [0.1, 0.15) is 34.6 Å². The molecular formula is C9H20O2. The molecule has 1 unspecified atom stereocenters. The van der Waals surface area contributed by atoms with Gasteiger partial charge in [0, 0.05) is 6.61 Å². The summed E-state index contributed by atoms with van der Waals surface area (Å²) in [5.74, 6) is 0. The van der Waals surface area contributed by atoms with Gasteiger partial charge < -0.3 is 9.84 Å². The molecule has 0 radical (unpaired) electrons. The first-order chi connectivity index (χ1) is 4.81. The number of hydrogen-bond acceptors (Lipinski definition) is 2. The lowest BCUT2D eigenvalue weighted by Gasteiger charge is -2.36. The van der Waals surface area contributed by atoms with Crippen molar-refractivity contribution in [3.63, 3.8) is 0 Å². The molecule has 0 spiro atoms. The van der Waals surface area contributed by atoms with E-state index in [0.29, 0.717) is 13.2 Å². The highest BCUT2D eigenvalue weighted by molar-refractivity contribution is 4.85. The quantitative estimate of drug-likeness (QED) is 0.682. The monoisotopic (exact) mass is 160 g/mol. The minimum atomic E-state index is -0.733. The summed E-state index contributed by atoms with van der Waals surface area (Å²) < 4.78 is 5.17. The highest BCUT2D eigenvalue weighted by Gasteiger charge is 2.35. The topological polar surface area (TPSA) is 29.5 Å². The standard InChI is InChI=1S/C9H20O2/c1-6-11-7-9(5,10)8(2,3)4/h10H,6-7H2,1-5H3. The van der Waals surface area contributed by atoms with Gasteiger partial charge >= 0.3 is 0 Å². The smallest absolute Gasteiger partial charge is 0.0900 e. The van der Waals surface area contributed by atoms with Crippen molar-refractivity contribution in [2.75, 3.05) is 13.2 Å². The molecule has 0 saturated carbocycles. The van der Waals surface area contributed by atoms with Crippen LogP contribution in [0.5, 0.6) is 0 Å². The molecule has 0 aliphatic carbocycles. The van der Waals surface area contributed by atoms with Crippen molar-refractivity contribution >= 4 is 0 Å². The number of aliphatic hydroxyl groups is 1. The molecule has 0 amide bonds. The number of hydrogen-bond donors (Lipinski definition) is 1. The second kappa shape index (κ2) is 3.55. The van der Waals surface area contributed by atoms with E-state index in [1.54, 1.807) is 0 Å². The van der Waals surface area contributed by atoms with Crippen LogP contribution in [0.3, 0.4) is 0 Å². The fraction of sp³-hybridized carbons (Fsp3) is 1.00. The molecular weight excluding hydrogens is 140 g/mol. The molecule has 0 aliphatic heterocycles. The van der Waals surface area contributed by atoms with E-state index in [2.05, 4.69) is 0 Å². The third-order valence-corrected chi connectivity index (χ3v) is 2.20. The van der Waals surface area contributed by atoms with E-state index in [1.165, 1.54) is 0 Å². The van der Waals surface area contributed by atoms with Crippen molar-refractivity contribution in [1.82, 2.24) is 0 Å². The van der Waals surface area contributed by atoms with Crippen molar-refractivity contribution < 1.29 is 9.84 Å². The molecule has 0 saturated heterocycles. The molecule has 0 rings (SSSR count). The SMILES string of the molecule is CCOCC(C)(O)C(C)(C)C. The average Bonchev–Trinajstić information content (AvgIpc) is 1.81. The minimum Gasteiger partial charge on any atom is -0.387 e. The van der Waals surface area contributed by atoms with Gasteiger partial charge in [-0.1, -0.05) is 20.8 Å². The Morgan fingerprint density at radius 1 is 1.18 bits per heavy atom. The summed E-state index contributed by atoms with van der Waals surface area (Å²) in [6, 6.07) is 0. The van der Waals surface area contributed by atoms with Gasteiger partial charge in [0.25, 0.3) is 0 Å². The molecule has 0 aromatic heterocycles. The molecule has 0 fully saturated rings. The first-order valence-corrected chi connectivity index (χ1v) is 4.11. The van der Waals surface area contributed by atoms with E-state index in [4.69, 9.17) is 4.74 Å². The van der Waals surface area contributed by atoms with Gasteiger partial charge in [-0.05, 0) is 19.3 Å². The zero-order valence-electron chi connectivity index (χ0n) is 8.27. The second-order valence-electron chi connectivity index (χ2n) is 4.16. The van der Waals surface area contributed by atoms with Gasteiger partial charge in [0.15, 0.2) is 0 Å². The number of ether oxygens (including phenoxy) is 1. The largest absolute Gasteiger partial charge is 0.387 e. The summed E-state index contributed by atoms with van der Waals surface area (Å²) in [6.07, 6.45) is 0. The molecule has 2 heteroatoms. The highest BCUT2D eigenvalue weighted by Crippen LogP contribution is 2.29. The number of rotatable bonds is 3. The van der Waals surface area contributed by atoms with Crippen LogP contribution in [0, 0.1) is 5.41 Å². The Bertz CT molecular complexity index is 111. The van der Waals surface area contributed by atoms with Crippen LogP contribution < -0.4 is 0 Å². The zero-order chi connectivity index (χ0) is 9.12. The molecule has 0 heterocycles. The Hall–Kier alpha value is -0.0800. The summed E-state index contributed by atoms with van der Waals surface area (Å²) in [6.45, 7) is 10.8. The normalized spacial score (nSPS) is 18.0. The van der Waals surface area contributed by atoms with Gasteiger partial charge in [0.05, 0.1) is 12.2 Å². The van der Waals surface area contributed by atoms with Crippen LogP contribution in [0.15, 0.2) is 0 Å². The summed E-state index contributed by atoms with van der Waals surface area (Å²) in [5, 5.41) is 9.86. The molecule has 2 nitrogen and oxygen atoms in total. The van der Waals surface area contributed by atoms with Gasteiger partial charge in [-0.2, -0.15) is 0 Å². The molecule has 11 heavy (non-hydrogen) atoms. The highest BCUT2D eigenvalue weighted by atomic mass is 16.5. The van der Waals surface area contributed by atoms with E-state index in [1.807, 2.05) is 34.6 Å².